The maximum Gasteiger partial charge on any atom is 0.317 e. The molecule has 2 aliphatic rings. The van der Waals surface area contributed by atoms with Crippen LogP contribution in [0.5, 0.6) is 0 Å². The third kappa shape index (κ3) is 4.38. The minimum absolute atomic E-state index is 0.0412. The molecule has 5 heteroatoms. The fourth-order valence-electron chi connectivity index (χ4n) is 4.37. The number of urea groups is 1. The van der Waals surface area contributed by atoms with Crippen molar-refractivity contribution in [2.24, 2.45) is 5.92 Å². The van der Waals surface area contributed by atoms with E-state index in [2.05, 4.69) is 17.1 Å². The summed E-state index contributed by atoms with van der Waals surface area (Å²) in [5, 5.41) is 14.1. The molecule has 3 rings (SSSR count). The lowest BCUT2D eigenvalue weighted by atomic mass is 9.89. The number of aliphatic hydroxyl groups is 1. The smallest absolute Gasteiger partial charge is 0.317 e. The highest BCUT2D eigenvalue weighted by atomic mass is 16.3. The Morgan fingerprint density at radius 2 is 2.00 bits per heavy atom. The van der Waals surface area contributed by atoms with Crippen molar-refractivity contribution in [2.45, 2.75) is 45.1 Å². The Kier molecular flexibility index (Phi) is 6.20. The van der Waals surface area contributed by atoms with Crippen LogP contribution in [0.4, 0.5) is 4.79 Å². The van der Waals surface area contributed by atoms with Gasteiger partial charge in [-0.1, -0.05) is 31.2 Å². The van der Waals surface area contributed by atoms with E-state index in [1.807, 2.05) is 31.2 Å². The molecule has 0 spiro atoms. The van der Waals surface area contributed by atoms with Crippen LogP contribution in [0.1, 0.15) is 43.7 Å². The predicted molar refractivity (Wildman–Crippen MR) is 104 cm³/mol. The highest BCUT2D eigenvalue weighted by Crippen LogP contribution is 2.33. The molecule has 1 atom stereocenters. The molecule has 0 aromatic heterocycles. The van der Waals surface area contributed by atoms with Crippen LogP contribution in [-0.2, 0) is 5.60 Å². The minimum atomic E-state index is -0.921. The number of amides is 2. The number of hydrogen-bond donors (Lipinski definition) is 2. The van der Waals surface area contributed by atoms with E-state index in [1.54, 1.807) is 4.90 Å². The van der Waals surface area contributed by atoms with Crippen LogP contribution in [0.2, 0.25) is 0 Å². The van der Waals surface area contributed by atoms with Crippen molar-refractivity contribution in [3.05, 3.63) is 35.4 Å². The number of likely N-dealkylation sites (tertiary alicyclic amines) is 2. The minimum Gasteiger partial charge on any atom is -0.383 e. The number of nitrogens with zero attached hydrogens (tertiary/aromatic N) is 2. The molecule has 2 aliphatic heterocycles. The standard InChI is InChI=1S/C21H33N3O2/c1-3-23-13-9-18(10-14-23)8-12-22-20(25)24-15-11-21(26,16-24)19-7-5-4-6-17(19)2/h4-7,18,26H,3,8-16H2,1-2H3,(H,22,25)/t21-/m0/s1. The van der Waals surface area contributed by atoms with E-state index in [1.165, 1.54) is 25.9 Å². The van der Waals surface area contributed by atoms with Crippen LogP contribution in [0, 0.1) is 12.8 Å². The summed E-state index contributed by atoms with van der Waals surface area (Å²) in [4.78, 5) is 16.7. The molecular formula is C21H33N3O2. The lowest BCUT2D eigenvalue weighted by Crippen LogP contribution is -2.42. The lowest BCUT2D eigenvalue weighted by molar-refractivity contribution is 0.0487. The molecule has 1 aromatic carbocycles. The van der Waals surface area contributed by atoms with Crippen LogP contribution in [0.15, 0.2) is 24.3 Å². The van der Waals surface area contributed by atoms with Crippen molar-refractivity contribution < 1.29 is 9.90 Å². The molecule has 2 heterocycles. The van der Waals surface area contributed by atoms with Crippen molar-refractivity contribution in [3.8, 4) is 0 Å². The fraction of sp³-hybridized carbons (Fsp3) is 0.667. The number of rotatable bonds is 5. The molecule has 1 aromatic rings. The number of nitrogens with one attached hydrogen (secondary N) is 1. The first-order valence-corrected chi connectivity index (χ1v) is 10.1. The molecule has 0 bridgehead atoms. The summed E-state index contributed by atoms with van der Waals surface area (Å²) in [5.41, 5.74) is 1.10. The number of hydrogen-bond acceptors (Lipinski definition) is 3. The topological polar surface area (TPSA) is 55.8 Å². The van der Waals surface area contributed by atoms with E-state index in [9.17, 15) is 9.90 Å². The van der Waals surface area contributed by atoms with Gasteiger partial charge in [-0.3, -0.25) is 0 Å². The third-order valence-corrected chi connectivity index (χ3v) is 6.16. The number of carbonyl (C=O) groups is 1. The third-order valence-electron chi connectivity index (χ3n) is 6.16. The van der Waals surface area contributed by atoms with Gasteiger partial charge in [0.15, 0.2) is 0 Å². The average Bonchev–Trinajstić information content (AvgIpc) is 3.06. The number of piperidine rings is 1. The van der Waals surface area contributed by atoms with E-state index in [0.717, 1.165) is 36.6 Å². The molecule has 5 nitrogen and oxygen atoms in total. The van der Waals surface area contributed by atoms with E-state index in [4.69, 9.17) is 0 Å². The zero-order valence-electron chi connectivity index (χ0n) is 16.2. The van der Waals surface area contributed by atoms with Crippen molar-refractivity contribution in [3.63, 3.8) is 0 Å². The summed E-state index contributed by atoms with van der Waals surface area (Å²) in [6, 6.07) is 7.87. The van der Waals surface area contributed by atoms with E-state index in [0.29, 0.717) is 19.5 Å². The van der Waals surface area contributed by atoms with Gasteiger partial charge in [-0.05, 0) is 69.3 Å². The maximum atomic E-state index is 12.5. The second-order valence-electron chi connectivity index (χ2n) is 7.92. The molecule has 2 saturated heterocycles. The molecule has 2 N–H and O–H groups in total. The van der Waals surface area contributed by atoms with E-state index in [-0.39, 0.29) is 6.03 Å². The molecule has 0 unspecified atom stereocenters. The first kappa shape index (κ1) is 19.2. The Morgan fingerprint density at radius 1 is 1.27 bits per heavy atom. The van der Waals surface area contributed by atoms with Crippen LogP contribution in [0.25, 0.3) is 0 Å². The highest BCUT2D eigenvalue weighted by molar-refractivity contribution is 5.74. The number of benzene rings is 1. The summed E-state index contributed by atoms with van der Waals surface area (Å²) in [5.74, 6) is 0.723. The maximum absolute atomic E-state index is 12.5. The molecular weight excluding hydrogens is 326 g/mol. The van der Waals surface area contributed by atoms with Gasteiger partial charge in [0.2, 0.25) is 0 Å². The second-order valence-corrected chi connectivity index (χ2v) is 7.92. The Bertz CT molecular complexity index is 613. The van der Waals surface area contributed by atoms with Gasteiger partial charge in [-0.15, -0.1) is 0 Å². The second kappa shape index (κ2) is 8.40. The van der Waals surface area contributed by atoms with Gasteiger partial charge in [0.25, 0.3) is 0 Å². The zero-order valence-corrected chi connectivity index (χ0v) is 16.2. The predicted octanol–water partition coefficient (Wildman–Crippen LogP) is 2.72. The van der Waals surface area contributed by atoms with Crippen LogP contribution >= 0.6 is 0 Å². The molecule has 0 aliphatic carbocycles. The Balaban J connectivity index is 1.44. The van der Waals surface area contributed by atoms with Crippen molar-refractivity contribution >= 4 is 6.03 Å². The molecule has 144 valence electrons. The van der Waals surface area contributed by atoms with Gasteiger partial charge in [0.1, 0.15) is 5.60 Å². The van der Waals surface area contributed by atoms with Crippen LogP contribution < -0.4 is 5.32 Å². The highest BCUT2D eigenvalue weighted by Gasteiger charge is 2.40. The summed E-state index contributed by atoms with van der Waals surface area (Å²) in [6.07, 6.45) is 4.13. The van der Waals surface area contributed by atoms with Crippen molar-refractivity contribution in [1.82, 2.24) is 15.1 Å². The zero-order chi connectivity index (χ0) is 18.6. The lowest BCUT2D eigenvalue weighted by Gasteiger charge is -2.31. The van der Waals surface area contributed by atoms with Crippen molar-refractivity contribution in [2.75, 3.05) is 39.3 Å². The number of carbonyl (C=O) groups excluding carboxylic acids is 1. The quantitative estimate of drug-likeness (QED) is 0.850. The first-order valence-electron chi connectivity index (χ1n) is 10.1. The Hall–Kier alpha value is -1.59. The first-order chi connectivity index (χ1) is 12.5. The van der Waals surface area contributed by atoms with Crippen molar-refractivity contribution in [1.29, 1.82) is 0 Å². The molecule has 0 saturated carbocycles. The van der Waals surface area contributed by atoms with Gasteiger partial charge < -0.3 is 20.2 Å². The molecule has 2 fully saturated rings. The number of aryl methyl sites for hydroxylation is 1. The van der Waals surface area contributed by atoms with Crippen LogP contribution in [0.3, 0.4) is 0 Å². The molecule has 0 radical (unpaired) electrons. The van der Waals surface area contributed by atoms with Crippen LogP contribution in [-0.4, -0.2) is 60.2 Å². The molecule has 26 heavy (non-hydrogen) atoms. The fourth-order valence-corrected chi connectivity index (χ4v) is 4.37. The monoisotopic (exact) mass is 359 g/mol. The average molecular weight is 360 g/mol. The SMILES string of the molecule is CCN1CCC(CCNC(=O)N2CC[C@@](O)(c3ccccc3C)C2)CC1. The van der Waals surface area contributed by atoms with Gasteiger partial charge in [0.05, 0.1) is 6.54 Å². The van der Waals surface area contributed by atoms with E-state index < -0.39 is 5.60 Å². The van der Waals surface area contributed by atoms with E-state index >= 15 is 0 Å². The number of β-amino-alcohol motifs (C(OH)–C–C–N with tert-alkyl or cyclic N) is 1. The Labute approximate surface area is 157 Å². The normalized spacial score (nSPS) is 24.8. The largest absolute Gasteiger partial charge is 0.383 e. The summed E-state index contributed by atoms with van der Waals surface area (Å²) >= 11 is 0. The summed E-state index contributed by atoms with van der Waals surface area (Å²) in [7, 11) is 0. The summed E-state index contributed by atoms with van der Waals surface area (Å²) in [6.45, 7) is 9.45. The molecule has 2 amide bonds. The summed E-state index contributed by atoms with van der Waals surface area (Å²) < 4.78 is 0. The van der Waals surface area contributed by atoms with Gasteiger partial charge in [-0.2, -0.15) is 0 Å². The van der Waals surface area contributed by atoms with Gasteiger partial charge in [0, 0.05) is 13.1 Å². The Morgan fingerprint density at radius 3 is 2.69 bits per heavy atom. The van der Waals surface area contributed by atoms with Gasteiger partial charge >= 0.3 is 6.03 Å². The van der Waals surface area contributed by atoms with Gasteiger partial charge in [-0.25, -0.2) is 4.79 Å².